The van der Waals surface area contributed by atoms with Crippen LogP contribution in [0.5, 0.6) is 0 Å². The third-order valence-corrected chi connectivity index (χ3v) is 2.94. The molecule has 0 N–H and O–H groups in total. The van der Waals surface area contributed by atoms with Gasteiger partial charge in [-0.25, -0.2) is 4.79 Å². The van der Waals surface area contributed by atoms with E-state index in [1.54, 1.807) is 18.9 Å². The van der Waals surface area contributed by atoms with E-state index in [0.29, 0.717) is 6.54 Å². The zero-order valence-electron chi connectivity index (χ0n) is 11.3. The number of esters is 2. The van der Waals surface area contributed by atoms with Crippen LogP contribution in [0.3, 0.4) is 0 Å². The topological polar surface area (TPSA) is 65.1 Å². The number of carbonyl (C=O) groups is 2. The normalized spacial score (nSPS) is 28.1. The van der Waals surface area contributed by atoms with Gasteiger partial charge in [-0.2, -0.15) is 5.06 Å². The number of nitrogens with zero attached hydrogens (tertiary/aromatic N) is 1. The van der Waals surface area contributed by atoms with Crippen LogP contribution in [0.1, 0.15) is 27.7 Å². The maximum Gasteiger partial charge on any atom is 0.338 e. The first kappa shape index (κ1) is 14.9. The van der Waals surface area contributed by atoms with E-state index in [0.717, 1.165) is 0 Å². The van der Waals surface area contributed by atoms with Crippen LogP contribution in [0.25, 0.3) is 0 Å². The van der Waals surface area contributed by atoms with Crippen LogP contribution in [-0.4, -0.2) is 48.9 Å². The second-order valence-corrected chi connectivity index (χ2v) is 4.03. The average molecular weight is 259 g/mol. The zero-order valence-corrected chi connectivity index (χ0v) is 11.3. The van der Waals surface area contributed by atoms with Crippen molar-refractivity contribution < 1.29 is 23.9 Å². The number of rotatable bonds is 5. The third kappa shape index (κ3) is 3.00. The number of ether oxygens (including phenoxy) is 2. The van der Waals surface area contributed by atoms with E-state index < -0.39 is 24.0 Å². The number of carbonyl (C=O) groups excluding carboxylic acids is 2. The third-order valence-electron chi connectivity index (χ3n) is 2.94. The smallest absolute Gasteiger partial charge is 0.338 e. The van der Waals surface area contributed by atoms with E-state index in [4.69, 9.17) is 14.3 Å². The van der Waals surface area contributed by atoms with Crippen molar-refractivity contribution in [2.75, 3.05) is 19.8 Å². The molecule has 1 heterocycles. The van der Waals surface area contributed by atoms with E-state index in [9.17, 15) is 9.59 Å². The largest absolute Gasteiger partial charge is 0.466 e. The number of hydrogen-bond acceptors (Lipinski definition) is 6. The Morgan fingerprint density at radius 3 is 2.17 bits per heavy atom. The van der Waals surface area contributed by atoms with E-state index in [1.165, 1.54) is 0 Å². The Labute approximate surface area is 107 Å². The molecule has 1 aliphatic heterocycles. The molecule has 0 unspecified atom stereocenters. The van der Waals surface area contributed by atoms with E-state index in [1.807, 2.05) is 13.8 Å². The van der Waals surface area contributed by atoms with Crippen molar-refractivity contribution >= 4 is 11.9 Å². The van der Waals surface area contributed by atoms with Gasteiger partial charge in [0, 0.05) is 12.6 Å². The summed E-state index contributed by atoms with van der Waals surface area (Å²) in [7, 11) is 0. The van der Waals surface area contributed by atoms with Crippen LogP contribution in [-0.2, 0) is 23.9 Å². The highest BCUT2D eigenvalue weighted by Gasteiger charge is 2.49. The van der Waals surface area contributed by atoms with Gasteiger partial charge >= 0.3 is 11.9 Å². The van der Waals surface area contributed by atoms with Gasteiger partial charge in [-0.3, -0.25) is 9.63 Å². The van der Waals surface area contributed by atoms with Crippen LogP contribution >= 0.6 is 0 Å². The first-order valence-corrected chi connectivity index (χ1v) is 6.33. The molecule has 0 bridgehead atoms. The average Bonchev–Trinajstić information content (AvgIpc) is 2.67. The van der Waals surface area contributed by atoms with E-state index in [-0.39, 0.29) is 19.3 Å². The van der Waals surface area contributed by atoms with Crippen molar-refractivity contribution in [1.29, 1.82) is 0 Å². The molecule has 6 heteroatoms. The summed E-state index contributed by atoms with van der Waals surface area (Å²) < 4.78 is 9.92. The lowest BCUT2D eigenvalue weighted by atomic mass is 9.96. The summed E-state index contributed by atoms with van der Waals surface area (Å²) in [5, 5.41) is 1.61. The number of hydrogen-bond donors (Lipinski definition) is 0. The molecule has 0 aromatic heterocycles. The van der Waals surface area contributed by atoms with Crippen LogP contribution in [0, 0.1) is 5.92 Å². The summed E-state index contributed by atoms with van der Waals surface area (Å²) in [6, 6.07) is -0.205. The number of hydroxylamine groups is 2. The lowest BCUT2D eigenvalue weighted by Gasteiger charge is -2.18. The van der Waals surface area contributed by atoms with Crippen molar-refractivity contribution in [3.05, 3.63) is 0 Å². The molecule has 0 aromatic rings. The monoisotopic (exact) mass is 259 g/mol. The molecule has 1 rings (SSSR count). The highest BCUT2D eigenvalue weighted by atomic mass is 16.7. The van der Waals surface area contributed by atoms with Gasteiger partial charge in [0.15, 0.2) is 6.10 Å². The van der Waals surface area contributed by atoms with Gasteiger partial charge in [0.2, 0.25) is 0 Å². The predicted molar refractivity (Wildman–Crippen MR) is 63.5 cm³/mol. The maximum absolute atomic E-state index is 11.9. The molecule has 0 aromatic carbocycles. The van der Waals surface area contributed by atoms with Crippen LogP contribution < -0.4 is 0 Å². The molecule has 3 atom stereocenters. The fourth-order valence-electron chi connectivity index (χ4n) is 2.08. The van der Waals surface area contributed by atoms with Crippen molar-refractivity contribution in [3.8, 4) is 0 Å². The van der Waals surface area contributed by atoms with Gasteiger partial charge in [0.1, 0.15) is 5.92 Å². The summed E-state index contributed by atoms with van der Waals surface area (Å²) in [5.41, 5.74) is 0. The van der Waals surface area contributed by atoms with Crippen molar-refractivity contribution in [3.63, 3.8) is 0 Å². The molecule has 0 amide bonds. The van der Waals surface area contributed by atoms with Gasteiger partial charge in [-0.05, 0) is 20.8 Å². The molecular formula is C12H21NO5. The van der Waals surface area contributed by atoms with Crippen LogP contribution in [0.15, 0.2) is 0 Å². The Balaban J connectivity index is 2.84. The molecule has 0 radical (unpaired) electrons. The zero-order chi connectivity index (χ0) is 13.7. The molecule has 18 heavy (non-hydrogen) atoms. The quantitative estimate of drug-likeness (QED) is 0.679. The Kier molecular flexibility index (Phi) is 5.55. The van der Waals surface area contributed by atoms with Crippen LogP contribution in [0.4, 0.5) is 0 Å². The van der Waals surface area contributed by atoms with E-state index in [2.05, 4.69) is 0 Å². The summed E-state index contributed by atoms with van der Waals surface area (Å²) >= 11 is 0. The molecule has 1 aliphatic rings. The Morgan fingerprint density at radius 2 is 1.67 bits per heavy atom. The molecule has 0 saturated carbocycles. The summed E-state index contributed by atoms with van der Waals surface area (Å²) in [6.07, 6.45) is -0.904. The molecule has 0 aliphatic carbocycles. The second kappa shape index (κ2) is 6.70. The Bertz CT molecular complexity index is 307. The van der Waals surface area contributed by atoms with Crippen molar-refractivity contribution in [1.82, 2.24) is 5.06 Å². The molecule has 104 valence electrons. The molecule has 1 saturated heterocycles. The van der Waals surface area contributed by atoms with Gasteiger partial charge < -0.3 is 9.47 Å². The van der Waals surface area contributed by atoms with Crippen LogP contribution in [0.2, 0.25) is 0 Å². The minimum absolute atomic E-state index is 0.205. The highest BCUT2D eigenvalue weighted by Crippen LogP contribution is 2.29. The highest BCUT2D eigenvalue weighted by molar-refractivity contribution is 5.85. The van der Waals surface area contributed by atoms with Crippen molar-refractivity contribution in [2.24, 2.45) is 5.92 Å². The standard InChI is InChI=1S/C12H21NO5/c1-5-13-8(4)9(11(14)16-6-2)10(18-13)12(15)17-7-3/h8-10H,5-7H2,1-4H3/t8-,9+,10+/m0/s1. The summed E-state index contributed by atoms with van der Waals surface area (Å²) in [5.74, 6) is -1.57. The first-order chi connectivity index (χ1) is 8.56. The minimum Gasteiger partial charge on any atom is -0.466 e. The SMILES string of the molecule is CCOC(=O)[C@H]1[C@H](C(=O)OCC)ON(CC)[C@H]1C. The first-order valence-electron chi connectivity index (χ1n) is 6.33. The molecule has 6 nitrogen and oxygen atoms in total. The molecule has 1 fully saturated rings. The molecule has 0 spiro atoms. The van der Waals surface area contributed by atoms with E-state index >= 15 is 0 Å². The lowest BCUT2D eigenvalue weighted by molar-refractivity contribution is -0.188. The Morgan fingerprint density at radius 1 is 1.11 bits per heavy atom. The van der Waals surface area contributed by atoms with Gasteiger partial charge in [-0.1, -0.05) is 6.92 Å². The second-order valence-electron chi connectivity index (χ2n) is 4.03. The Hall–Kier alpha value is -1.14. The lowest BCUT2D eigenvalue weighted by Crippen LogP contribution is -2.38. The maximum atomic E-state index is 11.9. The van der Waals surface area contributed by atoms with Gasteiger partial charge in [0.25, 0.3) is 0 Å². The molecular weight excluding hydrogens is 238 g/mol. The minimum atomic E-state index is -0.904. The van der Waals surface area contributed by atoms with Gasteiger partial charge in [0.05, 0.1) is 13.2 Å². The predicted octanol–water partition coefficient (Wildman–Crippen LogP) is 0.753. The van der Waals surface area contributed by atoms with Gasteiger partial charge in [-0.15, -0.1) is 0 Å². The fourth-order valence-corrected chi connectivity index (χ4v) is 2.08. The summed E-state index contributed by atoms with van der Waals surface area (Å²) in [6.45, 7) is 8.31. The van der Waals surface area contributed by atoms with Crippen molar-refractivity contribution in [2.45, 2.75) is 39.8 Å². The summed E-state index contributed by atoms with van der Waals surface area (Å²) in [4.78, 5) is 29.2. The fraction of sp³-hybridized carbons (Fsp3) is 0.833.